The van der Waals surface area contributed by atoms with Crippen molar-refractivity contribution in [1.29, 1.82) is 0 Å². The van der Waals surface area contributed by atoms with Crippen molar-refractivity contribution < 1.29 is 5.11 Å². The molecule has 0 bridgehead atoms. The van der Waals surface area contributed by atoms with Crippen LogP contribution >= 0.6 is 11.3 Å². The van der Waals surface area contributed by atoms with Crippen LogP contribution in [0.2, 0.25) is 0 Å². The largest absolute Gasteiger partial charge is 0.392 e. The molecule has 0 aliphatic carbocycles. The summed E-state index contributed by atoms with van der Waals surface area (Å²) < 4.78 is 0. The van der Waals surface area contributed by atoms with Gasteiger partial charge in [0.15, 0.2) is 0 Å². The molecule has 0 amide bonds. The normalized spacial score (nSPS) is 24.9. The molecule has 0 aromatic carbocycles. The number of likely N-dealkylation sites (tertiary alicyclic amines) is 1. The van der Waals surface area contributed by atoms with E-state index < -0.39 is 0 Å². The highest BCUT2D eigenvalue weighted by atomic mass is 32.1. The predicted molar refractivity (Wildman–Crippen MR) is 50.2 cm³/mol. The molecule has 2 rings (SSSR count). The molecule has 1 aliphatic rings. The van der Waals surface area contributed by atoms with E-state index in [4.69, 9.17) is 0 Å². The summed E-state index contributed by atoms with van der Waals surface area (Å²) in [5.41, 5.74) is 0. The summed E-state index contributed by atoms with van der Waals surface area (Å²) in [6.45, 7) is 2.89. The van der Waals surface area contributed by atoms with E-state index in [1.54, 1.807) is 11.3 Å². The van der Waals surface area contributed by atoms with Crippen LogP contribution in [0, 0.1) is 0 Å². The quantitative estimate of drug-likeness (QED) is 0.747. The van der Waals surface area contributed by atoms with E-state index in [-0.39, 0.29) is 6.10 Å². The van der Waals surface area contributed by atoms with E-state index in [1.807, 2.05) is 0 Å². The van der Waals surface area contributed by atoms with Crippen LogP contribution in [-0.4, -0.2) is 29.2 Å². The molecule has 0 radical (unpaired) electrons. The minimum Gasteiger partial charge on any atom is -0.392 e. The molecule has 2 heterocycles. The molecule has 1 atom stereocenters. The first kappa shape index (κ1) is 8.23. The van der Waals surface area contributed by atoms with Gasteiger partial charge in [0.25, 0.3) is 0 Å². The number of thiophene rings is 1. The summed E-state index contributed by atoms with van der Waals surface area (Å²) in [5, 5.41) is 11.4. The van der Waals surface area contributed by atoms with Gasteiger partial charge >= 0.3 is 0 Å². The van der Waals surface area contributed by atoms with Crippen LogP contribution in [0.25, 0.3) is 0 Å². The molecular weight excluding hydrogens is 170 g/mol. The van der Waals surface area contributed by atoms with E-state index >= 15 is 0 Å². The Morgan fingerprint density at radius 2 is 2.58 bits per heavy atom. The van der Waals surface area contributed by atoms with Crippen LogP contribution in [-0.2, 0) is 6.54 Å². The number of rotatable bonds is 2. The van der Waals surface area contributed by atoms with E-state index in [0.717, 1.165) is 26.1 Å². The van der Waals surface area contributed by atoms with E-state index in [0.29, 0.717) is 0 Å². The van der Waals surface area contributed by atoms with Crippen LogP contribution in [0.4, 0.5) is 0 Å². The molecule has 1 saturated heterocycles. The van der Waals surface area contributed by atoms with Gasteiger partial charge in [-0.05, 0) is 17.9 Å². The summed E-state index contributed by atoms with van der Waals surface area (Å²) >= 11 is 1.79. The summed E-state index contributed by atoms with van der Waals surface area (Å²) in [4.78, 5) is 3.69. The topological polar surface area (TPSA) is 23.5 Å². The molecule has 12 heavy (non-hydrogen) atoms. The average Bonchev–Trinajstić information content (AvgIpc) is 2.63. The van der Waals surface area contributed by atoms with Crippen molar-refractivity contribution in [3.05, 3.63) is 22.4 Å². The Morgan fingerprint density at radius 1 is 1.67 bits per heavy atom. The summed E-state index contributed by atoms with van der Waals surface area (Å²) in [6, 6.07) is 4.22. The fourth-order valence-electron chi connectivity index (χ4n) is 1.58. The maximum absolute atomic E-state index is 9.29. The van der Waals surface area contributed by atoms with Crippen molar-refractivity contribution >= 4 is 11.3 Å². The Balaban J connectivity index is 1.88. The Bertz CT molecular complexity index is 235. The van der Waals surface area contributed by atoms with Crippen molar-refractivity contribution in [1.82, 2.24) is 4.90 Å². The highest BCUT2D eigenvalue weighted by Gasteiger charge is 2.19. The molecule has 1 aromatic heterocycles. The number of aliphatic hydroxyl groups is 1. The predicted octanol–water partition coefficient (Wildman–Crippen LogP) is 1.31. The lowest BCUT2D eigenvalue weighted by Gasteiger charge is -2.12. The second kappa shape index (κ2) is 3.56. The van der Waals surface area contributed by atoms with Crippen molar-refractivity contribution in [3.8, 4) is 0 Å². The third kappa shape index (κ3) is 1.86. The fourth-order valence-corrected chi connectivity index (χ4v) is 2.32. The molecule has 2 nitrogen and oxygen atoms in total. The van der Waals surface area contributed by atoms with Gasteiger partial charge in [0.1, 0.15) is 0 Å². The maximum Gasteiger partial charge on any atom is 0.0679 e. The van der Waals surface area contributed by atoms with Gasteiger partial charge in [-0.25, -0.2) is 0 Å². The molecule has 0 unspecified atom stereocenters. The lowest BCUT2D eigenvalue weighted by molar-refractivity contribution is 0.175. The smallest absolute Gasteiger partial charge is 0.0679 e. The van der Waals surface area contributed by atoms with Crippen molar-refractivity contribution in [2.75, 3.05) is 13.1 Å². The molecule has 0 saturated carbocycles. The minimum atomic E-state index is -0.0926. The van der Waals surface area contributed by atoms with Crippen LogP contribution in [0.5, 0.6) is 0 Å². The molecule has 0 spiro atoms. The van der Waals surface area contributed by atoms with Crippen LogP contribution in [0.1, 0.15) is 11.3 Å². The van der Waals surface area contributed by atoms with Crippen LogP contribution < -0.4 is 0 Å². The fraction of sp³-hybridized carbons (Fsp3) is 0.556. The number of nitrogens with zero attached hydrogens (tertiary/aromatic N) is 1. The molecule has 3 heteroatoms. The maximum atomic E-state index is 9.29. The van der Waals surface area contributed by atoms with E-state index in [1.165, 1.54) is 4.88 Å². The number of aliphatic hydroxyl groups excluding tert-OH is 1. The zero-order valence-corrected chi connectivity index (χ0v) is 7.76. The third-order valence-corrected chi connectivity index (χ3v) is 3.07. The van der Waals surface area contributed by atoms with Gasteiger partial charge in [-0.1, -0.05) is 6.07 Å². The highest BCUT2D eigenvalue weighted by Crippen LogP contribution is 2.16. The number of β-amino-alcohol motifs (C(OH)–C–C–N with tert-alkyl or cyclic N) is 1. The lowest BCUT2D eigenvalue weighted by Crippen LogP contribution is -2.20. The van der Waals surface area contributed by atoms with Gasteiger partial charge in [-0.15, -0.1) is 11.3 Å². The zero-order valence-electron chi connectivity index (χ0n) is 6.94. The van der Waals surface area contributed by atoms with Crippen LogP contribution in [0.15, 0.2) is 17.5 Å². The van der Waals surface area contributed by atoms with Gasteiger partial charge in [-0.3, -0.25) is 4.90 Å². The van der Waals surface area contributed by atoms with Crippen molar-refractivity contribution in [2.24, 2.45) is 0 Å². The lowest BCUT2D eigenvalue weighted by atomic mass is 10.3. The van der Waals surface area contributed by atoms with Gasteiger partial charge in [0.2, 0.25) is 0 Å². The molecule has 1 N–H and O–H groups in total. The minimum absolute atomic E-state index is 0.0926. The summed E-state index contributed by atoms with van der Waals surface area (Å²) in [7, 11) is 0. The van der Waals surface area contributed by atoms with Crippen LogP contribution in [0.3, 0.4) is 0 Å². The Labute approximate surface area is 76.4 Å². The monoisotopic (exact) mass is 183 g/mol. The molecular formula is C9H13NOS. The van der Waals surface area contributed by atoms with Gasteiger partial charge in [0.05, 0.1) is 6.10 Å². The Morgan fingerprint density at radius 3 is 3.17 bits per heavy atom. The number of hydrogen-bond acceptors (Lipinski definition) is 3. The Kier molecular flexibility index (Phi) is 2.44. The first-order chi connectivity index (χ1) is 5.84. The zero-order chi connectivity index (χ0) is 8.39. The van der Waals surface area contributed by atoms with Gasteiger partial charge in [0, 0.05) is 24.5 Å². The third-order valence-electron chi connectivity index (χ3n) is 2.21. The second-order valence-corrected chi connectivity index (χ2v) is 4.29. The highest BCUT2D eigenvalue weighted by molar-refractivity contribution is 7.09. The molecule has 1 fully saturated rings. The summed E-state index contributed by atoms with van der Waals surface area (Å²) in [5.74, 6) is 0. The van der Waals surface area contributed by atoms with Crippen molar-refractivity contribution in [3.63, 3.8) is 0 Å². The summed E-state index contributed by atoms with van der Waals surface area (Å²) in [6.07, 6.45) is 0.843. The van der Waals surface area contributed by atoms with E-state index in [9.17, 15) is 5.11 Å². The van der Waals surface area contributed by atoms with Gasteiger partial charge in [-0.2, -0.15) is 0 Å². The number of hydrogen-bond donors (Lipinski definition) is 1. The standard InChI is InChI=1S/C9H13NOS/c11-8-3-4-10(6-8)7-9-2-1-5-12-9/h1-2,5,8,11H,3-4,6-7H2/t8-/m0/s1. The molecule has 1 aliphatic heterocycles. The first-order valence-corrected chi connectivity index (χ1v) is 5.15. The SMILES string of the molecule is O[C@H]1CCN(Cc2cccs2)C1. The van der Waals surface area contributed by atoms with Gasteiger partial charge < -0.3 is 5.11 Å². The first-order valence-electron chi connectivity index (χ1n) is 4.27. The second-order valence-electron chi connectivity index (χ2n) is 3.26. The molecule has 1 aromatic rings. The average molecular weight is 183 g/mol. The van der Waals surface area contributed by atoms with E-state index in [2.05, 4.69) is 22.4 Å². The molecule has 66 valence electrons. The van der Waals surface area contributed by atoms with Crippen molar-refractivity contribution in [2.45, 2.75) is 19.1 Å². The Hall–Kier alpha value is -0.380.